The number of pyridine rings is 1. The molecule has 3 aromatic rings. The first-order valence-corrected chi connectivity index (χ1v) is 8.63. The summed E-state index contributed by atoms with van der Waals surface area (Å²) in [6.07, 6.45) is 2.79. The number of nitrogens with one attached hydrogen (secondary N) is 1. The van der Waals surface area contributed by atoms with E-state index in [1.54, 1.807) is 19.4 Å². The van der Waals surface area contributed by atoms with Crippen molar-refractivity contribution >= 4 is 16.8 Å². The molecule has 1 aliphatic rings. The minimum absolute atomic E-state index is 0.132. The molecule has 0 aliphatic carbocycles. The molecule has 0 radical (unpaired) electrons. The molecule has 1 aromatic heterocycles. The van der Waals surface area contributed by atoms with Crippen molar-refractivity contribution in [3.63, 3.8) is 0 Å². The third kappa shape index (κ3) is 3.08. The minimum atomic E-state index is -0.132. The van der Waals surface area contributed by atoms with Crippen molar-refractivity contribution in [2.24, 2.45) is 0 Å². The summed E-state index contributed by atoms with van der Waals surface area (Å²) >= 11 is 0. The first-order valence-electron chi connectivity index (χ1n) is 8.63. The quantitative estimate of drug-likeness (QED) is 0.784. The summed E-state index contributed by atoms with van der Waals surface area (Å²) in [5, 5.41) is 3.90. The lowest BCUT2D eigenvalue weighted by Gasteiger charge is -2.12. The van der Waals surface area contributed by atoms with E-state index in [-0.39, 0.29) is 12.0 Å². The number of methoxy groups -OCH3 is 1. The number of benzene rings is 2. The first kappa shape index (κ1) is 16.4. The number of fused-ring (bicyclic) bond motifs is 2. The van der Waals surface area contributed by atoms with Gasteiger partial charge < -0.3 is 14.8 Å². The topological polar surface area (TPSA) is 60.5 Å². The molecule has 2 aromatic carbocycles. The number of aromatic nitrogens is 1. The summed E-state index contributed by atoms with van der Waals surface area (Å²) in [4.78, 5) is 16.8. The second-order valence-corrected chi connectivity index (χ2v) is 6.50. The molecule has 0 saturated carbocycles. The molecule has 1 atom stereocenters. The van der Waals surface area contributed by atoms with Crippen LogP contribution in [-0.4, -0.2) is 24.1 Å². The van der Waals surface area contributed by atoms with Crippen LogP contribution >= 0.6 is 0 Å². The maximum atomic E-state index is 12.5. The Hall–Kier alpha value is -3.08. The summed E-state index contributed by atoms with van der Waals surface area (Å²) in [7, 11) is 1.64. The summed E-state index contributed by atoms with van der Waals surface area (Å²) in [5.41, 5.74) is 3.52. The highest BCUT2D eigenvalue weighted by molar-refractivity contribution is 5.97. The van der Waals surface area contributed by atoms with Gasteiger partial charge in [0.05, 0.1) is 12.6 Å². The fraction of sp³-hybridized carbons (Fsp3) is 0.238. The van der Waals surface area contributed by atoms with Crippen molar-refractivity contribution in [2.45, 2.75) is 26.0 Å². The Labute approximate surface area is 152 Å². The predicted octanol–water partition coefficient (Wildman–Crippen LogP) is 3.50. The molecule has 26 heavy (non-hydrogen) atoms. The van der Waals surface area contributed by atoms with E-state index in [4.69, 9.17) is 9.47 Å². The van der Waals surface area contributed by atoms with Crippen LogP contribution in [0.1, 0.15) is 28.4 Å². The fourth-order valence-corrected chi connectivity index (χ4v) is 3.30. The van der Waals surface area contributed by atoms with Crippen LogP contribution in [0.3, 0.4) is 0 Å². The summed E-state index contributed by atoms with van der Waals surface area (Å²) in [6, 6.07) is 13.3. The molecule has 1 aliphatic heterocycles. The number of amides is 1. The van der Waals surface area contributed by atoms with Crippen LogP contribution in [-0.2, 0) is 13.0 Å². The number of carbonyl (C=O) groups excluding carboxylic acids is 1. The standard InChI is InChI=1S/C21H20N2O3/c1-13-8-16-10-19(25-2)17(11-20(16)26-13)12-23-21(24)15-5-6-18-14(9-15)4-3-7-22-18/h3-7,9-11,13H,8,12H2,1-2H3,(H,23,24)/t13-/m0/s1. The van der Waals surface area contributed by atoms with Crippen molar-refractivity contribution in [3.8, 4) is 11.5 Å². The van der Waals surface area contributed by atoms with E-state index < -0.39 is 0 Å². The minimum Gasteiger partial charge on any atom is -0.496 e. The van der Waals surface area contributed by atoms with Crippen LogP contribution in [0.2, 0.25) is 0 Å². The molecule has 2 heterocycles. The van der Waals surface area contributed by atoms with Crippen molar-refractivity contribution in [1.29, 1.82) is 0 Å². The monoisotopic (exact) mass is 348 g/mol. The molecule has 1 amide bonds. The van der Waals surface area contributed by atoms with Gasteiger partial charge in [0.15, 0.2) is 0 Å². The number of hydrogen-bond donors (Lipinski definition) is 1. The summed E-state index contributed by atoms with van der Waals surface area (Å²) in [6.45, 7) is 2.42. The predicted molar refractivity (Wildman–Crippen MR) is 99.7 cm³/mol. The van der Waals surface area contributed by atoms with E-state index in [2.05, 4.69) is 10.3 Å². The Morgan fingerprint density at radius 1 is 1.31 bits per heavy atom. The van der Waals surface area contributed by atoms with Crippen LogP contribution in [0.5, 0.6) is 11.5 Å². The van der Waals surface area contributed by atoms with Gasteiger partial charge in [0.2, 0.25) is 0 Å². The van der Waals surface area contributed by atoms with E-state index >= 15 is 0 Å². The second-order valence-electron chi connectivity index (χ2n) is 6.50. The maximum absolute atomic E-state index is 12.5. The molecule has 5 nitrogen and oxygen atoms in total. The van der Waals surface area contributed by atoms with Gasteiger partial charge in [0, 0.05) is 41.2 Å². The Kier molecular flexibility index (Phi) is 4.21. The molecule has 132 valence electrons. The molecule has 4 rings (SSSR count). The van der Waals surface area contributed by atoms with E-state index in [0.29, 0.717) is 12.1 Å². The third-order valence-corrected chi connectivity index (χ3v) is 4.60. The van der Waals surface area contributed by atoms with Crippen LogP contribution in [0.4, 0.5) is 0 Å². The molecule has 0 bridgehead atoms. The van der Waals surface area contributed by atoms with Gasteiger partial charge in [-0.25, -0.2) is 0 Å². The lowest BCUT2D eigenvalue weighted by Crippen LogP contribution is -2.23. The highest BCUT2D eigenvalue weighted by Gasteiger charge is 2.22. The number of hydrogen-bond acceptors (Lipinski definition) is 4. The number of nitrogens with zero attached hydrogens (tertiary/aromatic N) is 1. The average molecular weight is 348 g/mol. The highest BCUT2D eigenvalue weighted by atomic mass is 16.5. The van der Waals surface area contributed by atoms with Crippen LogP contribution < -0.4 is 14.8 Å². The van der Waals surface area contributed by atoms with Gasteiger partial charge in [-0.05, 0) is 43.3 Å². The zero-order valence-electron chi connectivity index (χ0n) is 14.8. The van der Waals surface area contributed by atoms with Crippen molar-refractivity contribution in [3.05, 3.63) is 65.4 Å². The van der Waals surface area contributed by atoms with Gasteiger partial charge >= 0.3 is 0 Å². The van der Waals surface area contributed by atoms with Gasteiger partial charge in [-0.1, -0.05) is 6.07 Å². The summed E-state index contributed by atoms with van der Waals surface area (Å²) < 4.78 is 11.3. The largest absolute Gasteiger partial charge is 0.496 e. The van der Waals surface area contributed by atoms with Gasteiger partial charge in [-0.3, -0.25) is 9.78 Å². The molecule has 0 unspecified atom stereocenters. The highest BCUT2D eigenvalue weighted by Crippen LogP contribution is 2.34. The number of ether oxygens (including phenoxy) is 2. The van der Waals surface area contributed by atoms with Gasteiger partial charge in [-0.2, -0.15) is 0 Å². The molecular formula is C21H20N2O3. The number of rotatable bonds is 4. The molecule has 5 heteroatoms. The van der Waals surface area contributed by atoms with Gasteiger partial charge in [0.25, 0.3) is 5.91 Å². The normalized spacial score (nSPS) is 15.4. The Balaban J connectivity index is 1.53. The van der Waals surface area contributed by atoms with E-state index in [1.165, 1.54) is 0 Å². The smallest absolute Gasteiger partial charge is 0.251 e. The lowest BCUT2D eigenvalue weighted by atomic mass is 10.1. The van der Waals surface area contributed by atoms with Gasteiger partial charge in [-0.15, -0.1) is 0 Å². The Bertz CT molecular complexity index is 984. The second kappa shape index (κ2) is 6.67. The van der Waals surface area contributed by atoms with Crippen LogP contribution in [0.15, 0.2) is 48.7 Å². The van der Waals surface area contributed by atoms with E-state index in [1.807, 2.05) is 43.3 Å². The van der Waals surface area contributed by atoms with Gasteiger partial charge in [0.1, 0.15) is 17.6 Å². The van der Waals surface area contributed by atoms with Crippen molar-refractivity contribution < 1.29 is 14.3 Å². The zero-order chi connectivity index (χ0) is 18.1. The zero-order valence-corrected chi connectivity index (χ0v) is 14.8. The molecular weight excluding hydrogens is 328 g/mol. The number of carbonyl (C=O) groups is 1. The van der Waals surface area contributed by atoms with E-state index in [0.717, 1.165) is 39.9 Å². The fourth-order valence-electron chi connectivity index (χ4n) is 3.30. The van der Waals surface area contributed by atoms with Crippen molar-refractivity contribution in [2.75, 3.05) is 7.11 Å². The SMILES string of the molecule is COc1cc2c(cc1CNC(=O)c1ccc3ncccc3c1)O[C@@H](C)C2. The Morgan fingerprint density at radius 2 is 2.19 bits per heavy atom. The Morgan fingerprint density at radius 3 is 3.04 bits per heavy atom. The average Bonchev–Trinajstić information content (AvgIpc) is 3.03. The molecule has 0 saturated heterocycles. The van der Waals surface area contributed by atoms with E-state index in [9.17, 15) is 4.79 Å². The van der Waals surface area contributed by atoms with Crippen molar-refractivity contribution in [1.82, 2.24) is 10.3 Å². The lowest BCUT2D eigenvalue weighted by molar-refractivity contribution is 0.0950. The molecule has 1 N–H and O–H groups in total. The molecule has 0 spiro atoms. The van der Waals surface area contributed by atoms with Crippen LogP contribution in [0, 0.1) is 0 Å². The van der Waals surface area contributed by atoms with Crippen LogP contribution in [0.25, 0.3) is 10.9 Å². The maximum Gasteiger partial charge on any atom is 0.251 e. The first-order chi connectivity index (χ1) is 12.6. The third-order valence-electron chi connectivity index (χ3n) is 4.60. The molecule has 0 fully saturated rings. The summed E-state index contributed by atoms with van der Waals surface area (Å²) in [5.74, 6) is 1.51.